The molecule has 0 aliphatic heterocycles. The minimum Gasteiger partial charge on any atom is -0.132 e. The fourth-order valence-corrected chi connectivity index (χ4v) is 4.03. The zero-order valence-electron chi connectivity index (χ0n) is 9.21. The van der Waals surface area contributed by atoms with Gasteiger partial charge in [0, 0.05) is 9.90 Å². The Balaban J connectivity index is 2.11. The lowest BCUT2D eigenvalue weighted by Crippen LogP contribution is -1.92. The van der Waals surface area contributed by atoms with Gasteiger partial charge in [-0.2, -0.15) is 0 Å². The number of aryl methyl sites for hydroxylation is 1. The third-order valence-electron chi connectivity index (χ3n) is 2.51. The molecule has 1 unspecified atom stereocenters. The molecule has 2 aromatic rings. The molecule has 17 heavy (non-hydrogen) atoms. The highest BCUT2D eigenvalue weighted by Crippen LogP contribution is 2.37. The fourth-order valence-electron chi connectivity index (χ4n) is 1.57. The van der Waals surface area contributed by atoms with E-state index in [-0.39, 0.29) is 0 Å². The highest BCUT2D eigenvalue weighted by atomic mass is 79.9. The van der Waals surface area contributed by atoms with Crippen LogP contribution in [-0.2, 0) is 6.42 Å². The van der Waals surface area contributed by atoms with Crippen LogP contribution in [0.25, 0.3) is 0 Å². The molecule has 0 spiro atoms. The number of hydrogen-bond acceptors (Lipinski definition) is 1. The Morgan fingerprint density at radius 1 is 1.29 bits per heavy atom. The second kappa shape index (κ2) is 5.87. The molecule has 4 heteroatoms. The summed E-state index contributed by atoms with van der Waals surface area (Å²) in [6, 6.07) is 10.3. The third-order valence-corrected chi connectivity index (χ3v) is 6.14. The van der Waals surface area contributed by atoms with E-state index < -0.39 is 0 Å². The largest absolute Gasteiger partial charge is 0.132 e. The molecule has 0 aliphatic rings. The van der Waals surface area contributed by atoms with Gasteiger partial charge in [0.1, 0.15) is 0 Å². The second-order valence-corrected chi connectivity index (χ2v) is 7.85. The number of benzene rings is 1. The van der Waals surface area contributed by atoms with Gasteiger partial charge in [-0.1, -0.05) is 39.7 Å². The van der Waals surface area contributed by atoms with E-state index in [0.29, 0.717) is 4.83 Å². The first-order valence-electron chi connectivity index (χ1n) is 5.20. The number of rotatable bonds is 3. The van der Waals surface area contributed by atoms with E-state index in [1.54, 1.807) is 11.3 Å². The number of thiophene rings is 1. The smallest absolute Gasteiger partial charge is 0.0730 e. The number of hydrogen-bond donors (Lipinski definition) is 0. The highest BCUT2D eigenvalue weighted by Gasteiger charge is 2.12. The monoisotopic (exact) mass is 392 g/mol. The van der Waals surface area contributed by atoms with Crippen LogP contribution in [-0.4, -0.2) is 0 Å². The minimum atomic E-state index is 0.360. The van der Waals surface area contributed by atoms with Gasteiger partial charge in [-0.25, -0.2) is 0 Å². The van der Waals surface area contributed by atoms with E-state index >= 15 is 0 Å². The maximum Gasteiger partial charge on any atom is 0.0730 e. The summed E-state index contributed by atoms with van der Waals surface area (Å²) < 4.78 is 1.22. The average Bonchev–Trinajstić information content (AvgIpc) is 2.63. The van der Waals surface area contributed by atoms with Gasteiger partial charge in [0.25, 0.3) is 0 Å². The molecular weight excluding hydrogens is 383 g/mol. The molecule has 0 radical (unpaired) electrons. The SMILES string of the molecule is Cc1cc(C(Br)Cc2ccc(Cl)cc2)sc1Br. The van der Waals surface area contributed by atoms with E-state index in [0.717, 1.165) is 11.4 Å². The van der Waals surface area contributed by atoms with E-state index in [2.05, 4.69) is 57.0 Å². The number of alkyl halides is 1. The summed E-state index contributed by atoms with van der Waals surface area (Å²) in [6.45, 7) is 2.12. The lowest BCUT2D eigenvalue weighted by Gasteiger charge is -2.07. The quantitative estimate of drug-likeness (QED) is 0.548. The Hall–Kier alpha value is 0.170. The molecule has 0 bridgehead atoms. The molecule has 1 heterocycles. The molecule has 1 atom stereocenters. The number of halogens is 3. The molecule has 0 saturated heterocycles. The predicted octanol–water partition coefficient (Wildman–Crippen LogP) is 6.15. The molecule has 2 rings (SSSR count). The Morgan fingerprint density at radius 3 is 2.47 bits per heavy atom. The van der Waals surface area contributed by atoms with Crippen molar-refractivity contribution < 1.29 is 0 Å². The Kier molecular flexibility index (Phi) is 4.70. The van der Waals surface area contributed by atoms with Gasteiger partial charge in [0.15, 0.2) is 0 Å². The van der Waals surface area contributed by atoms with Crippen LogP contribution in [0.5, 0.6) is 0 Å². The maximum atomic E-state index is 5.87. The van der Waals surface area contributed by atoms with Crippen molar-refractivity contribution in [2.45, 2.75) is 18.2 Å². The molecule has 0 N–H and O–H groups in total. The molecule has 90 valence electrons. The second-order valence-electron chi connectivity index (χ2n) is 3.90. The van der Waals surface area contributed by atoms with Crippen LogP contribution in [0.3, 0.4) is 0 Å². The summed E-state index contributed by atoms with van der Waals surface area (Å²) in [5, 5.41) is 0.787. The summed E-state index contributed by atoms with van der Waals surface area (Å²) in [4.78, 5) is 1.71. The van der Waals surface area contributed by atoms with Gasteiger partial charge >= 0.3 is 0 Å². The van der Waals surface area contributed by atoms with Crippen LogP contribution in [0.15, 0.2) is 34.1 Å². The van der Waals surface area contributed by atoms with Crippen LogP contribution in [0.1, 0.15) is 20.8 Å². The molecule has 1 aromatic heterocycles. The van der Waals surface area contributed by atoms with Crippen LogP contribution >= 0.6 is 54.8 Å². The standard InChI is InChI=1S/C13H11Br2ClS/c1-8-6-12(17-13(8)15)11(14)7-9-2-4-10(16)5-3-9/h2-6,11H,7H2,1H3. The molecule has 0 amide bonds. The Labute approximate surface area is 127 Å². The molecular formula is C13H11Br2ClS. The minimum absolute atomic E-state index is 0.360. The average molecular weight is 395 g/mol. The van der Waals surface area contributed by atoms with E-state index in [1.807, 2.05) is 12.1 Å². The Morgan fingerprint density at radius 2 is 1.94 bits per heavy atom. The van der Waals surface area contributed by atoms with Gasteiger partial charge in [-0.15, -0.1) is 11.3 Å². The topological polar surface area (TPSA) is 0 Å². The van der Waals surface area contributed by atoms with Crippen LogP contribution in [0.2, 0.25) is 5.02 Å². The zero-order valence-corrected chi connectivity index (χ0v) is 14.0. The van der Waals surface area contributed by atoms with Crippen LogP contribution in [0, 0.1) is 6.92 Å². The van der Waals surface area contributed by atoms with Gasteiger partial charge in [0.05, 0.1) is 8.61 Å². The summed E-state index contributed by atoms with van der Waals surface area (Å²) in [5.41, 5.74) is 2.59. The van der Waals surface area contributed by atoms with Gasteiger partial charge in [-0.05, 0) is 58.6 Å². The molecule has 0 saturated carbocycles. The van der Waals surface area contributed by atoms with Crippen molar-refractivity contribution in [1.29, 1.82) is 0 Å². The molecule has 0 nitrogen and oxygen atoms in total. The van der Waals surface area contributed by atoms with Gasteiger partial charge < -0.3 is 0 Å². The Bertz CT molecular complexity index is 485. The zero-order chi connectivity index (χ0) is 12.4. The molecule has 0 aliphatic carbocycles. The first-order valence-corrected chi connectivity index (χ1v) is 8.11. The van der Waals surface area contributed by atoms with E-state index in [9.17, 15) is 0 Å². The maximum absolute atomic E-state index is 5.87. The fraction of sp³-hybridized carbons (Fsp3) is 0.231. The van der Waals surface area contributed by atoms with Crippen molar-refractivity contribution in [3.05, 3.63) is 55.1 Å². The highest BCUT2D eigenvalue weighted by molar-refractivity contribution is 9.11. The van der Waals surface area contributed by atoms with Crippen molar-refractivity contribution in [1.82, 2.24) is 0 Å². The normalized spacial score (nSPS) is 12.7. The summed E-state index contributed by atoms with van der Waals surface area (Å²) in [6.07, 6.45) is 0.976. The van der Waals surface area contributed by atoms with Crippen LogP contribution in [0.4, 0.5) is 0 Å². The summed E-state index contributed by atoms with van der Waals surface area (Å²) in [7, 11) is 0. The van der Waals surface area contributed by atoms with Crippen molar-refractivity contribution in [2.24, 2.45) is 0 Å². The van der Waals surface area contributed by atoms with Crippen molar-refractivity contribution in [3.63, 3.8) is 0 Å². The lowest BCUT2D eigenvalue weighted by atomic mass is 10.1. The van der Waals surface area contributed by atoms with E-state index in [1.165, 1.54) is 19.8 Å². The summed E-state index contributed by atoms with van der Waals surface area (Å²) in [5.74, 6) is 0. The first-order chi connectivity index (χ1) is 8.06. The molecule has 1 aromatic carbocycles. The van der Waals surface area contributed by atoms with Crippen molar-refractivity contribution >= 4 is 54.8 Å². The first kappa shape index (κ1) is 13.6. The lowest BCUT2D eigenvalue weighted by molar-refractivity contribution is 0.969. The van der Waals surface area contributed by atoms with Crippen molar-refractivity contribution in [2.75, 3.05) is 0 Å². The summed E-state index contributed by atoms with van der Waals surface area (Å²) >= 11 is 15.0. The van der Waals surface area contributed by atoms with Crippen LogP contribution < -0.4 is 0 Å². The third kappa shape index (κ3) is 3.57. The van der Waals surface area contributed by atoms with Crippen molar-refractivity contribution in [3.8, 4) is 0 Å². The van der Waals surface area contributed by atoms with Gasteiger partial charge in [-0.3, -0.25) is 0 Å². The predicted molar refractivity (Wildman–Crippen MR) is 83.6 cm³/mol. The van der Waals surface area contributed by atoms with Gasteiger partial charge in [0.2, 0.25) is 0 Å². The van der Waals surface area contributed by atoms with E-state index in [4.69, 9.17) is 11.6 Å². The molecule has 0 fully saturated rings.